The molecule has 0 aliphatic rings. The van der Waals surface area contributed by atoms with Gasteiger partial charge in [-0.15, -0.1) is 5.10 Å². The van der Waals surface area contributed by atoms with Gasteiger partial charge in [0, 0.05) is 12.6 Å². The largest absolute Gasteiger partial charge is 0.281 e. The van der Waals surface area contributed by atoms with Crippen LogP contribution in [-0.4, -0.2) is 24.4 Å². The second-order valence-electron chi connectivity index (χ2n) is 3.82. The smallest absolute Gasteiger partial charge is 0.277 e. The maximum Gasteiger partial charge on any atom is 0.281 e. The Morgan fingerprint density at radius 1 is 1.28 bits per heavy atom. The molecule has 3 rings (SSSR count). The van der Waals surface area contributed by atoms with Crippen LogP contribution in [0.1, 0.15) is 0 Å². The fourth-order valence-corrected chi connectivity index (χ4v) is 1.93. The van der Waals surface area contributed by atoms with E-state index in [2.05, 4.69) is 15.3 Å². The monoisotopic (exact) mass is 259 g/mol. The van der Waals surface area contributed by atoms with E-state index in [1.807, 2.05) is 30.3 Å². The molecule has 2 heterocycles. The van der Waals surface area contributed by atoms with Gasteiger partial charge >= 0.3 is 0 Å². The number of aromatic nitrogens is 5. The number of nitrogens with zero attached hydrogens (tertiary/aromatic N) is 4. The third-order valence-corrected chi connectivity index (χ3v) is 2.95. The summed E-state index contributed by atoms with van der Waals surface area (Å²) in [5.41, 5.74) is 0.897. The lowest BCUT2D eigenvalue weighted by atomic mass is 10.2. The fraction of sp³-hybridized carbons (Fsp3) is 0.0909. The van der Waals surface area contributed by atoms with E-state index >= 15 is 0 Å². The molecule has 0 saturated carbocycles. The van der Waals surface area contributed by atoms with E-state index in [0.29, 0.717) is 16.2 Å². The van der Waals surface area contributed by atoms with Crippen molar-refractivity contribution in [3.8, 4) is 11.3 Å². The molecule has 0 aliphatic heterocycles. The van der Waals surface area contributed by atoms with E-state index in [1.54, 1.807) is 7.05 Å². The first-order valence-electron chi connectivity index (χ1n) is 5.28. The van der Waals surface area contributed by atoms with Crippen LogP contribution in [0.4, 0.5) is 0 Å². The molecule has 0 aliphatic carbocycles. The Morgan fingerprint density at radius 3 is 2.72 bits per heavy atom. The predicted octanol–water partition coefficient (Wildman–Crippen LogP) is 1.15. The van der Waals surface area contributed by atoms with E-state index in [-0.39, 0.29) is 5.56 Å². The van der Waals surface area contributed by atoms with Crippen molar-refractivity contribution < 1.29 is 0 Å². The van der Waals surface area contributed by atoms with Crippen LogP contribution in [0, 0.1) is 4.77 Å². The summed E-state index contributed by atoms with van der Waals surface area (Å²) < 4.78 is 3.22. The number of hydrogen-bond donors (Lipinski definition) is 1. The number of nitrogens with one attached hydrogen (secondary N) is 1. The summed E-state index contributed by atoms with van der Waals surface area (Å²) in [6.07, 6.45) is 0. The van der Waals surface area contributed by atoms with Gasteiger partial charge in [-0.3, -0.25) is 9.36 Å². The molecule has 6 nitrogen and oxygen atoms in total. The molecule has 0 bridgehead atoms. The SMILES string of the molecule is Cn1c(=O)c(-c2ccccc2)nn2c(=S)[nH]nc12. The van der Waals surface area contributed by atoms with Gasteiger partial charge in [-0.05, 0) is 12.2 Å². The Labute approximate surface area is 107 Å². The van der Waals surface area contributed by atoms with Gasteiger partial charge in [-0.1, -0.05) is 30.3 Å². The first-order valence-corrected chi connectivity index (χ1v) is 5.69. The number of H-pyrrole nitrogens is 1. The lowest BCUT2D eigenvalue weighted by Gasteiger charge is -2.04. The highest BCUT2D eigenvalue weighted by molar-refractivity contribution is 7.71. The molecule has 18 heavy (non-hydrogen) atoms. The molecule has 0 unspecified atom stereocenters. The van der Waals surface area contributed by atoms with Gasteiger partial charge in [-0.25, -0.2) is 5.10 Å². The first-order chi connectivity index (χ1) is 8.68. The van der Waals surface area contributed by atoms with E-state index in [1.165, 1.54) is 9.08 Å². The second kappa shape index (κ2) is 3.88. The topological polar surface area (TPSA) is 68.0 Å². The maximum absolute atomic E-state index is 12.2. The van der Waals surface area contributed by atoms with Crippen molar-refractivity contribution in [3.05, 3.63) is 45.5 Å². The van der Waals surface area contributed by atoms with E-state index < -0.39 is 0 Å². The predicted molar refractivity (Wildman–Crippen MR) is 68.8 cm³/mol. The molecular weight excluding hydrogens is 250 g/mol. The molecule has 3 aromatic rings. The fourth-order valence-electron chi connectivity index (χ4n) is 1.76. The highest BCUT2D eigenvalue weighted by Gasteiger charge is 2.12. The van der Waals surface area contributed by atoms with E-state index in [4.69, 9.17) is 12.2 Å². The summed E-state index contributed by atoms with van der Waals surface area (Å²) in [7, 11) is 1.64. The van der Waals surface area contributed by atoms with Crippen LogP contribution >= 0.6 is 12.2 Å². The summed E-state index contributed by atoms with van der Waals surface area (Å²) in [6, 6.07) is 9.26. The van der Waals surface area contributed by atoms with Gasteiger partial charge in [-0.2, -0.15) is 9.61 Å². The molecule has 0 atom stereocenters. The van der Waals surface area contributed by atoms with Gasteiger partial charge in [0.25, 0.3) is 11.3 Å². The van der Waals surface area contributed by atoms with Crippen LogP contribution in [0.5, 0.6) is 0 Å². The number of rotatable bonds is 1. The molecule has 1 N–H and O–H groups in total. The van der Waals surface area contributed by atoms with Crippen molar-refractivity contribution in [2.24, 2.45) is 7.05 Å². The zero-order chi connectivity index (χ0) is 12.7. The van der Waals surface area contributed by atoms with Crippen LogP contribution in [0.25, 0.3) is 17.0 Å². The lowest BCUT2D eigenvalue weighted by Crippen LogP contribution is -2.23. The highest BCUT2D eigenvalue weighted by atomic mass is 32.1. The van der Waals surface area contributed by atoms with Crippen LogP contribution in [0.2, 0.25) is 0 Å². The standard InChI is InChI=1S/C11H9N5OS/c1-15-9(17)8(7-5-3-2-4-6-7)14-16-10(15)12-13-11(16)18/h2-6H,1H3,(H,13,18). The summed E-state index contributed by atoms with van der Waals surface area (Å²) in [5, 5.41) is 10.8. The van der Waals surface area contributed by atoms with Gasteiger partial charge in [0.1, 0.15) is 0 Å². The lowest BCUT2D eigenvalue weighted by molar-refractivity contribution is 0.778. The normalized spacial score (nSPS) is 10.9. The average molecular weight is 259 g/mol. The number of benzene rings is 1. The average Bonchev–Trinajstić information content (AvgIpc) is 2.77. The van der Waals surface area contributed by atoms with Crippen molar-refractivity contribution in [1.82, 2.24) is 24.4 Å². The molecule has 7 heteroatoms. The van der Waals surface area contributed by atoms with E-state index in [0.717, 1.165) is 5.56 Å². The summed E-state index contributed by atoms with van der Waals surface area (Å²) >= 11 is 5.07. The zero-order valence-electron chi connectivity index (χ0n) is 9.49. The second-order valence-corrected chi connectivity index (χ2v) is 4.21. The Kier molecular flexibility index (Phi) is 2.34. The zero-order valence-corrected chi connectivity index (χ0v) is 10.3. The van der Waals surface area contributed by atoms with Gasteiger partial charge < -0.3 is 0 Å². The van der Waals surface area contributed by atoms with Crippen LogP contribution in [-0.2, 0) is 7.05 Å². The summed E-state index contributed by atoms with van der Waals surface area (Å²) in [4.78, 5) is 12.2. The molecule has 0 fully saturated rings. The van der Waals surface area contributed by atoms with Gasteiger partial charge in [0.2, 0.25) is 4.77 Å². The molecule has 2 aromatic heterocycles. The summed E-state index contributed by atoms with van der Waals surface area (Å²) in [6.45, 7) is 0. The molecule has 0 spiro atoms. The van der Waals surface area contributed by atoms with Gasteiger partial charge in [0.15, 0.2) is 5.69 Å². The Balaban J connectivity index is 2.44. The van der Waals surface area contributed by atoms with Crippen LogP contribution in [0.15, 0.2) is 35.1 Å². The van der Waals surface area contributed by atoms with Crippen molar-refractivity contribution in [2.45, 2.75) is 0 Å². The van der Waals surface area contributed by atoms with Crippen molar-refractivity contribution >= 4 is 18.0 Å². The minimum absolute atomic E-state index is 0.206. The Hall–Kier alpha value is -2.28. The van der Waals surface area contributed by atoms with Crippen LogP contribution in [0.3, 0.4) is 0 Å². The van der Waals surface area contributed by atoms with Crippen molar-refractivity contribution in [3.63, 3.8) is 0 Å². The molecular formula is C11H9N5OS. The molecule has 0 radical (unpaired) electrons. The first kappa shape index (κ1) is 10.8. The third-order valence-electron chi connectivity index (χ3n) is 2.69. The Morgan fingerprint density at radius 2 is 2.00 bits per heavy atom. The molecule has 0 saturated heterocycles. The van der Waals surface area contributed by atoms with Gasteiger partial charge in [0.05, 0.1) is 0 Å². The number of aromatic amines is 1. The third kappa shape index (κ3) is 1.48. The van der Waals surface area contributed by atoms with E-state index in [9.17, 15) is 4.79 Å². The van der Waals surface area contributed by atoms with Crippen molar-refractivity contribution in [1.29, 1.82) is 0 Å². The quantitative estimate of drug-likeness (QED) is 0.666. The number of fused-ring (bicyclic) bond motifs is 1. The maximum atomic E-state index is 12.2. The molecule has 90 valence electrons. The van der Waals surface area contributed by atoms with Crippen molar-refractivity contribution in [2.75, 3.05) is 0 Å². The highest BCUT2D eigenvalue weighted by Crippen LogP contribution is 2.11. The summed E-state index contributed by atoms with van der Waals surface area (Å²) in [5.74, 6) is 0.393. The number of aryl methyl sites for hydroxylation is 1. The Bertz CT molecular complexity index is 830. The van der Waals surface area contributed by atoms with Crippen LogP contribution < -0.4 is 5.56 Å². The minimum Gasteiger partial charge on any atom is -0.277 e. The molecule has 1 aromatic carbocycles. The minimum atomic E-state index is -0.206. The number of hydrogen-bond acceptors (Lipinski definition) is 4. The molecule has 0 amide bonds.